The quantitative estimate of drug-likeness (QED) is 0.394. The van der Waals surface area contributed by atoms with Gasteiger partial charge in [0.1, 0.15) is 17.5 Å². The van der Waals surface area contributed by atoms with Crippen LogP contribution >= 0.6 is 0 Å². The first kappa shape index (κ1) is 26.2. The number of ketones is 1. The van der Waals surface area contributed by atoms with E-state index in [2.05, 4.69) is 15.6 Å². The number of piperidine rings is 1. The van der Waals surface area contributed by atoms with Crippen LogP contribution in [-0.4, -0.2) is 77.4 Å². The number of hydrogen-bond acceptors (Lipinski definition) is 6. The zero-order valence-corrected chi connectivity index (χ0v) is 21.7. The number of nitrogens with one attached hydrogen (secondary N) is 3. The van der Waals surface area contributed by atoms with Gasteiger partial charge in [-0.1, -0.05) is 12.5 Å². The summed E-state index contributed by atoms with van der Waals surface area (Å²) in [5, 5.41) is 15.9. The molecule has 38 heavy (non-hydrogen) atoms. The summed E-state index contributed by atoms with van der Waals surface area (Å²) in [5.41, 5.74) is 1.16. The summed E-state index contributed by atoms with van der Waals surface area (Å²) in [4.78, 5) is 57.6. The molecule has 4 N–H and O–H groups in total. The average Bonchev–Trinajstić information content (AvgIpc) is 3.63. The Morgan fingerprint density at radius 2 is 2.05 bits per heavy atom. The minimum absolute atomic E-state index is 0.0180. The average molecular weight is 525 g/mol. The summed E-state index contributed by atoms with van der Waals surface area (Å²) in [7, 11) is 1.58. The number of H-pyrrole nitrogens is 1. The van der Waals surface area contributed by atoms with Crippen molar-refractivity contribution < 1.29 is 29.0 Å². The molecule has 10 heteroatoms. The van der Waals surface area contributed by atoms with E-state index in [0.717, 1.165) is 36.6 Å². The predicted molar refractivity (Wildman–Crippen MR) is 139 cm³/mol. The number of aromatic nitrogens is 1. The SMILES string of the molecule is COc1cccc2[nH]c(C(=O)N3C[C@@H]4CCC[C@@H]4[C@H]3C(=O)N[C@@H](C[C@@H]3CCCNC3=O)C(=O)CCO)cc12. The molecule has 1 saturated carbocycles. The molecule has 2 saturated heterocycles. The Hall–Kier alpha value is -3.40. The van der Waals surface area contributed by atoms with Crippen molar-refractivity contribution in [3.05, 3.63) is 30.0 Å². The van der Waals surface area contributed by atoms with E-state index in [0.29, 0.717) is 31.0 Å². The maximum atomic E-state index is 13.8. The van der Waals surface area contributed by atoms with E-state index in [4.69, 9.17) is 4.74 Å². The van der Waals surface area contributed by atoms with Gasteiger partial charge >= 0.3 is 0 Å². The molecule has 10 nitrogen and oxygen atoms in total. The highest BCUT2D eigenvalue weighted by Crippen LogP contribution is 2.43. The molecule has 3 fully saturated rings. The lowest BCUT2D eigenvalue weighted by Crippen LogP contribution is -2.54. The minimum Gasteiger partial charge on any atom is -0.496 e. The highest BCUT2D eigenvalue weighted by Gasteiger charge is 2.50. The molecule has 3 heterocycles. The Labute approximate surface area is 221 Å². The van der Waals surface area contributed by atoms with Gasteiger partial charge in [0, 0.05) is 36.3 Å². The molecule has 0 unspecified atom stereocenters. The number of rotatable bonds is 9. The molecule has 5 rings (SSSR count). The van der Waals surface area contributed by atoms with E-state index in [1.165, 1.54) is 0 Å². The lowest BCUT2D eigenvalue weighted by molar-refractivity contribution is -0.133. The number of likely N-dealkylation sites (tertiary alicyclic amines) is 1. The van der Waals surface area contributed by atoms with Gasteiger partial charge < -0.3 is 30.4 Å². The van der Waals surface area contributed by atoms with Gasteiger partial charge in [0.05, 0.1) is 19.8 Å². The number of carbonyl (C=O) groups is 4. The van der Waals surface area contributed by atoms with Gasteiger partial charge in [-0.3, -0.25) is 19.2 Å². The van der Waals surface area contributed by atoms with E-state index in [1.54, 1.807) is 18.1 Å². The highest BCUT2D eigenvalue weighted by molar-refractivity contribution is 6.02. The van der Waals surface area contributed by atoms with Gasteiger partial charge in [-0.2, -0.15) is 0 Å². The number of benzene rings is 1. The summed E-state index contributed by atoms with van der Waals surface area (Å²) < 4.78 is 5.43. The van der Waals surface area contributed by atoms with Gasteiger partial charge in [-0.25, -0.2) is 0 Å². The van der Waals surface area contributed by atoms with Crippen molar-refractivity contribution in [3.8, 4) is 5.75 Å². The molecule has 3 amide bonds. The number of aliphatic hydroxyl groups excluding tert-OH is 1. The fraction of sp³-hybridized carbons (Fsp3) is 0.571. The van der Waals surface area contributed by atoms with Gasteiger partial charge in [-0.15, -0.1) is 0 Å². The number of ether oxygens (including phenoxy) is 1. The van der Waals surface area contributed by atoms with Crippen LogP contribution in [0.1, 0.15) is 55.4 Å². The summed E-state index contributed by atoms with van der Waals surface area (Å²) in [6.45, 7) is 0.762. The Bertz CT molecular complexity index is 1230. The molecule has 0 bridgehead atoms. The van der Waals surface area contributed by atoms with Gasteiger partial charge in [0.25, 0.3) is 5.91 Å². The second kappa shape index (κ2) is 11.1. The fourth-order valence-corrected chi connectivity index (χ4v) is 6.58. The van der Waals surface area contributed by atoms with E-state index >= 15 is 0 Å². The van der Waals surface area contributed by atoms with Crippen LogP contribution in [0.4, 0.5) is 0 Å². The molecule has 2 aromatic rings. The number of carbonyl (C=O) groups excluding carboxylic acids is 4. The number of aromatic amines is 1. The summed E-state index contributed by atoms with van der Waals surface area (Å²) >= 11 is 0. The Morgan fingerprint density at radius 3 is 2.82 bits per heavy atom. The molecule has 5 atom stereocenters. The van der Waals surface area contributed by atoms with Crippen molar-refractivity contribution in [2.45, 2.75) is 57.0 Å². The standard InChI is InChI=1S/C28H36N4O6/c1-38-24-9-3-8-20-19(24)14-22(30-20)28(37)32-15-17-5-2-7-18(17)25(32)27(36)31-21(23(34)10-12-33)13-16-6-4-11-29-26(16)35/h3,8-9,14,16-18,21,25,30,33H,2,4-7,10-13,15H2,1H3,(H,29,35)(H,31,36)/t16-,17-,18-,21-,25-/m0/s1. The zero-order chi connectivity index (χ0) is 26.8. The Balaban J connectivity index is 1.39. The predicted octanol–water partition coefficient (Wildman–Crippen LogP) is 1.77. The number of Topliss-reactive ketones (excluding diaryl/α,β-unsaturated/α-hetero) is 1. The minimum atomic E-state index is -0.891. The van der Waals surface area contributed by atoms with E-state index in [9.17, 15) is 24.3 Å². The molecule has 1 aromatic carbocycles. The number of fused-ring (bicyclic) bond motifs is 2. The van der Waals surface area contributed by atoms with Crippen LogP contribution in [0.3, 0.4) is 0 Å². The Kier molecular flexibility index (Phi) is 7.69. The van der Waals surface area contributed by atoms with Crippen molar-refractivity contribution in [2.24, 2.45) is 17.8 Å². The second-order valence-electron chi connectivity index (χ2n) is 10.7. The van der Waals surface area contributed by atoms with Crippen LogP contribution < -0.4 is 15.4 Å². The first-order valence-corrected chi connectivity index (χ1v) is 13.6. The van der Waals surface area contributed by atoms with Crippen LogP contribution in [0.5, 0.6) is 5.75 Å². The second-order valence-corrected chi connectivity index (χ2v) is 10.7. The number of nitrogens with zero attached hydrogens (tertiary/aromatic N) is 1. The number of methoxy groups -OCH3 is 1. The van der Waals surface area contributed by atoms with E-state index < -0.39 is 12.1 Å². The summed E-state index contributed by atoms with van der Waals surface area (Å²) in [6, 6.07) is 5.71. The maximum Gasteiger partial charge on any atom is 0.271 e. The zero-order valence-electron chi connectivity index (χ0n) is 21.7. The van der Waals surface area contributed by atoms with Crippen LogP contribution in [-0.2, 0) is 14.4 Å². The molecule has 1 aliphatic carbocycles. The van der Waals surface area contributed by atoms with Crippen LogP contribution in [0.15, 0.2) is 24.3 Å². The van der Waals surface area contributed by atoms with Crippen molar-refractivity contribution >= 4 is 34.4 Å². The summed E-state index contributed by atoms with van der Waals surface area (Å²) in [6.07, 6.45) is 4.34. The third-order valence-electron chi connectivity index (χ3n) is 8.48. The van der Waals surface area contributed by atoms with Crippen LogP contribution in [0.25, 0.3) is 10.9 Å². The Morgan fingerprint density at radius 1 is 1.21 bits per heavy atom. The van der Waals surface area contributed by atoms with Gasteiger partial charge in [-0.05, 0) is 62.1 Å². The van der Waals surface area contributed by atoms with Crippen molar-refractivity contribution in [1.82, 2.24) is 20.5 Å². The molecule has 0 spiro atoms. The monoisotopic (exact) mass is 524 g/mol. The summed E-state index contributed by atoms with van der Waals surface area (Å²) in [5.74, 6) is -0.526. The molecular weight excluding hydrogens is 488 g/mol. The lowest BCUT2D eigenvalue weighted by atomic mass is 9.88. The molecule has 204 valence electrons. The van der Waals surface area contributed by atoms with Crippen LogP contribution in [0, 0.1) is 17.8 Å². The van der Waals surface area contributed by atoms with E-state index in [-0.39, 0.29) is 60.7 Å². The number of amides is 3. The van der Waals surface area contributed by atoms with Gasteiger partial charge in [0.15, 0.2) is 5.78 Å². The first-order chi connectivity index (χ1) is 18.4. The van der Waals surface area contributed by atoms with Gasteiger partial charge in [0.2, 0.25) is 11.8 Å². The normalized spacial score (nSPS) is 25.6. The smallest absolute Gasteiger partial charge is 0.271 e. The third kappa shape index (κ3) is 5.01. The maximum absolute atomic E-state index is 13.8. The topological polar surface area (TPSA) is 141 Å². The molecule has 3 aliphatic rings. The first-order valence-electron chi connectivity index (χ1n) is 13.6. The molecular formula is C28H36N4O6. The number of aliphatic hydroxyl groups is 1. The third-order valence-corrected chi connectivity index (χ3v) is 8.48. The van der Waals surface area contributed by atoms with E-state index in [1.807, 2.05) is 18.2 Å². The van der Waals surface area contributed by atoms with Crippen molar-refractivity contribution in [2.75, 3.05) is 26.8 Å². The lowest BCUT2D eigenvalue weighted by Gasteiger charge is -2.30. The van der Waals surface area contributed by atoms with Crippen LogP contribution in [0.2, 0.25) is 0 Å². The highest BCUT2D eigenvalue weighted by atomic mass is 16.5. The van der Waals surface area contributed by atoms with Crippen molar-refractivity contribution in [3.63, 3.8) is 0 Å². The molecule has 2 aliphatic heterocycles. The molecule has 1 aromatic heterocycles. The fourth-order valence-electron chi connectivity index (χ4n) is 6.58. The number of hydrogen-bond donors (Lipinski definition) is 4. The largest absolute Gasteiger partial charge is 0.496 e. The molecule has 0 radical (unpaired) electrons. The van der Waals surface area contributed by atoms with Crippen molar-refractivity contribution in [1.29, 1.82) is 0 Å².